The van der Waals surface area contributed by atoms with Gasteiger partial charge in [-0.3, -0.25) is 4.79 Å². The van der Waals surface area contributed by atoms with Crippen molar-refractivity contribution in [1.82, 2.24) is 15.3 Å². The molecular weight excluding hydrogens is 406 g/mol. The molecule has 1 amide bonds. The normalized spacial score (nSPS) is 13.1. The van der Waals surface area contributed by atoms with Gasteiger partial charge in [-0.15, -0.1) is 11.3 Å². The molecule has 1 saturated carbocycles. The quantitative estimate of drug-likeness (QED) is 0.417. The van der Waals surface area contributed by atoms with Crippen molar-refractivity contribution in [2.45, 2.75) is 25.2 Å². The summed E-state index contributed by atoms with van der Waals surface area (Å²) in [6.45, 7) is 1.33. The molecule has 2 heterocycles. The van der Waals surface area contributed by atoms with Gasteiger partial charge in [0.2, 0.25) is 5.95 Å². The van der Waals surface area contributed by atoms with Crippen molar-refractivity contribution < 1.29 is 4.79 Å². The average Bonchev–Trinajstić information content (AvgIpc) is 3.40. The maximum atomic E-state index is 12.0. The van der Waals surface area contributed by atoms with Gasteiger partial charge in [-0.25, -0.2) is 4.98 Å². The van der Waals surface area contributed by atoms with E-state index in [-0.39, 0.29) is 5.91 Å². The van der Waals surface area contributed by atoms with Gasteiger partial charge in [0.15, 0.2) is 0 Å². The van der Waals surface area contributed by atoms with Crippen LogP contribution in [0.2, 0.25) is 5.02 Å². The van der Waals surface area contributed by atoms with Crippen LogP contribution in [0.4, 0.5) is 17.5 Å². The predicted molar refractivity (Wildman–Crippen MR) is 119 cm³/mol. The van der Waals surface area contributed by atoms with Crippen molar-refractivity contribution in [2.24, 2.45) is 0 Å². The van der Waals surface area contributed by atoms with E-state index < -0.39 is 0 Å². The summed E-state index contributed by atoms with van der Waals surface area (Å²) in [5.41, 5.74) is 2.00. The number of thiophene rings is 1. The molecule has 0 aliphatic heterocycles. The molecule has 29 heavy (non-hydrogen) atoms. The number of hydrogen-bond donors (Lipinski definition) is 3. The molecule has 8 heteroatoms. The van der Waals surface area contributed by atoms with E-state index >= 15 is 0 Å². The van der Waals surface area contributed by atoms with Crippen LogP contribution in [-0.4, -0.2) is 29.0 Å². The minimum Gasteiger partial charge on any atom is -0.370 e. The first-order valence-electron chi connectivity index (χ1n) is 9.64. The van der Waals surface area contributed by atoms with Gasteiger partial charge in [0, 0.05) is 35.6 Å². The van der Waals surface area contributed by atoms with E-state index in [0.717, 1.165) is 34.9 Å². The summed E-state index contributed by atoms with van der Waals surface area (Å²) in [7, 11) is 0. The molecule has 1 aliphatic carbocycles. The number of nitrogens with one attached hydrogen (secondary N) is 3. The average molecular weight is 428 g/mol. The number of benzene rings is 1. The van der Waals surface area contributed by atoms with Crippen molar-refractivity contribution >= 4 is 46.3 Å². The first kappa shape index (κ1) is 19.7. The summed E-state index contributed by atoms with van der Waals surface area (Å²) in [6, 6.07) is 11.2. The molecule has 0 atom stereocenters. The zero-order valence-corrected chi connectivity index (χ0v) is 17.4. The van der Waals surface area contributed by atoms with Gasteiger partial charge in [0.05, 0.1) is 4.88 Å². The topological polar surface area (TPSA) is 78.9 Å². The largest absolute Gasteiger partial charge is 0.370 e. The standard InChI is InChI=1S/C21H22ClN5OS/c22-15-4-1-5-16(12-15)26-21-25-13-17(14-7-8-14)19(27-21)23-9-3-10-24-20(28)18-6-2-11-29-18/h1-2,4-6,11-14H,3,7-10H2,(H,24,28)(H2,23,25,26,27). The Morgan fingerprint density at radius 3 is 2.86 bits per heavy atom. The number of aromatic nitrogens is 2. The Morgan fingerprint density at radius 1 is 1.21 bits per heavy atom. The molecule has 1 aromatic carbocycles. The number of halogens is 1. The minimum atomic E-state index is -0.0197. The van der Waals surface area contributed by atoms with Gasteiger partial charge in [0.25, 0.3) is 5.91 Å². The molecule has 1 aliphatic rings. The Balaban J connectivity index is 1.33. The van der Waals surface area contributed by atoms with Gasteiger partial charge < -0.3 is 16.0 Å². The van der Waals surface area contributed by atoms with E-state index in [2.05, 4.69) is 25.9 Å². The van der Waals surface area contributed by atoms with Crippen LogP contribution in [0, 0.1) is 0 Å². The molecule has 0 radical (unpaired) electrons. The van der Waals surface area contributed by atoms with E-state index in [4.69, 9.17) is 11.6 Å². The van der Waals surface area contributed by atoms with Crippen LogP contribution in [0.5, 0.6) is 0 Å². The molecule has 6 nitrogen and oxygen atoms in total. The molecule has 3 aromatic rings. The van der Waals surface area contributed by atoms with Crippen molar-refractivity contribution in [2.75, 3.05) is 23.7 Å². The van der Waals surface area contributed by atoms with E-state index in [1.54, 1.807) is 0 Å². The Morgan fingerprint density at radius 2 is 2.10 bits per heavy atom. The summed E-state index contributed by atoms with van der Waals surface area (Å²) in [5.74, 6) is 1.91. The third kappa shape index (κ3) is 5.46. The minimum absolute atomic E-state index is 0.0197. The highest BCUT2D eigenvalue weighted by Gasteiger charge is 2.27. The Kier molecular flexibility index (Phi) is 6.27. The van der Waals surface area contributed by atoms with Crippen LogP contribution in [0.3, 0.4) is 0 Å². The maximum absolute atomic E-state index is 12.0. The smallest absolute Gasteiger partial charge is 0.261 e. The second-order valence-corrected chi connectivity index (χ2v) is 8.30. The molecule has 0 spiro atoms. The number of carbonyl (C=O) groups excluding carboxylic acids is 1. The lowest BCUT2D eigenvalue weighted by atomic mass is 10.2. The van der Waals surface area contributed by atoms with Gasteiger partial charge in [-0.1, -0.05) is 23.7 Å². The molecule has 150 valence electrons. The second-order valence-electron chi connectivity index (χ2n) is 6.92. The van der Waals surface area contributed by atoms with Gasteiger partial charge in [-0.05, 0) is 54.8 Å². The highest BCUT2D eigenvalue weighted by atomic mass is 35.5. The van der Waals surface area contributed by atoms with E-state index in [1.807, 2.05) is 48.0 Å². The Bertz CT molecular complexity index is 975. The summed E-state index contributed by atoms with van der Waals surface area (Å²) in [6.07, 6.45) is 5.06. The van der Waals surface area contributed by atoms with Gasteiger partial charge in [0.1, 0.15) is 5.82 Å². The second kappa shape index (κ2) is 9.24. The fourth-order valence-corrected chi connectivity index (χ4v) is 3.80. The van der Waals surface area contributed by atoms with E-state index in [0.29, 0.717) is 23.4 Å². The zero-order valence-electron chi connectivity index (χ0n) is 15.8. The SMILES string of the molecule is O=C(NCCCNc1nc(Nc2cccc(Cl)c2)ncc1C1CC1)c1cccs1. The fourth-order valence-electron chi connectivity index (χ4n) is 2.97. The van der Waals surface area contributed by atoms with Crippen molar-refractivity contribution in [3.05, 3.63) is 63.4 Å². The summed E-state index contributed by atoms with van der Waals surface area (Å²) in [4.78, 5) is 21.8. The van der Waals surface area contributed by atoms with Crippen LogP contribution >= 0.6 is 22.9 Å². The van der Waals surface area contributed by atoms with Crippen LogP contribution in [-0.2, 0) is 0 Å². The van der Waals surface area contributed by atoms with Crippen molar-refractivity contribution in [3.63, 3.8) is 0 Å². The van der Waals surface area contributed by atoms with Crippen LogP contribution < -0.4 is 16.0 Å². The summed E-state index contributed by atoms with van der Waals surface area (Å²) < 4.78 is 0. The third-order valence-corrected chi connectivity index (χ3v) is 5.70. The molecular formula is C21H22ClN5OS. The molecule has 0 unspecified atom stereocenters. The molecule has 1 fully saturated rings. The number of hydrogen-bond acceptors (Lipinski definition) is 6. The lowest BCUT2D eigenvalue weighted by Gasteiger charge is -2.13. The Labute approximate surface area is 178 Å². The first-order valence-corrected chi connectivity index (χ1v) is 10.9. The third-order valence-electron chi connectivity index (χ3n) is 4.59. The summed E-state index contributed by atoms with van der Waals surface area (Å²) in [5, 5.41) is 12.1. The number of amides is 1. The monoisotopic (exact) mass is 427 g/mol. The zero-order chi connectivity index (χ0) is 20.1. The van der Waals surface area contributed by atoms with Gasteiger partial charge >= 0.3 is 0 Å². The molecule has 0 saturated heterocycles. The van der Waals surface area contributed by atoms with Crippen molar-refractivity contribution in [3.8, 4) is 0 Å². The molecule has 4 rings (SSSR count). The highest BCUT2D eigenvalue weighted by molar-refractivity contribution is 7.12. The first-order chi connectivity index (χ1) is 14.2. The fraction of sp³-hybridized carbons (Fsp3) is 0.286. The number of rotatable bonds is 9. The van der Waals surface area contributed by atoms with Crippen LogP contribution in [0.1, 0.15) is 40.4 Å². The van der Waals surface area contributed by atoms with Crippen LogP contribution in [0.15, 0.2) is 48.0 Å². The van der Waals surface area contributed by atoms with Gasteiger partial charge in [-0.2, -0.15) is 4.98 Å². The van der Waals surface area contributed by atoms with Crippen molar-refractivity contribution in [1.29, 1.82) is 0 Å². The Hall–Kier alpha value is -2.64. The van der Waals surface area contributed by atoms with E-state index in [1.165, 1.54) is 24.2 Å². The molecule has 0 bridgehead atoms. The van der Waals surface area contributed by atoms with Crippen LogP contribution in [0.25, 0.3) is 0 Å². The maximum Gasteiger partial charge on any atom is 0.261 e. The number of anilines is 3. The lowest BCUT2D eigenvalue weighted by Crippen LogP contribution is -2.25. The lowest BCUT2D eigenvalue weighted by molar-refractivity contribution is 0.0957. The number of carbonyl (C=O) groups is 1. The summed E-state index contributed by atoms with van der Waals surface area (Å²) >= 11 is 7.50. The van der Waals surface area contributed by atoms with E-state index in [9.17, 15) is 4.79 Å². The molecule has 2 aromatic heterocycles. The molecule has 3 N–H and O–H groups in total. The number of nitrogens with zero attached hydrogens (tertiary/aromatic N) is 2. The highest BCUT2D eigenvalue weighted by Crippen LogP contribution is 2.42. The predicted octanol–water partition coefficient (Wildman–Crippen LogP) is 5.04.